The summed E-state index contributed by atoms with van der Waals surface area (Å²) >= 11 is 0. The van der Waals surface area contributed by atoms with Crippen LogP contribution in [0.5, 0.6) is 0 Å². The topological polar surface area (TPSA) is 0 Å². The van der Waals surface area contributed by atoms with Gasteiger partial charge in [-0.15, -0.1) is 188 Å². The zero-order valence-corrected chi connectivity index (χ0v) is 40.1. The van der Waals surface area contributed by atoms with Crippen LogP contribution in [0.3, 0.4) is 0 Å². The van der Waals surface area contributed by atoms with Gasteiger partial charge in [0.05, 0.1) is 0 Å². The fourth-order valence-corrected chi connectivity index (χ4v) is 8.40. The Balaban J connectivity index is 11.1. The Hall–Kier alpha value is -6.13. The van der Waals surface area contributed by atoms with E-state index in [0.29, 0.717) is 0 Å². The molecule has 0 aliphatic rings. The first kappa shape index (κ1) is 55.9. The Morgan fingerprint density at radius 1 is 0.129 bits per heavy atom. The molecule has 0 nitrogen and oxygen atoms in total. The van der Waals surface area contributed by atoms with Crippen molar-refractivity contribution in [3.8, 4) is 188 Å². The van der Waals surface area contributed by atoms with Gasteiger partial charge in [-0.25, -0.2) is 0 Å². The van der Waals surface area contributed by atoms with Crippen molar-refractivity contribution in [2.45, 2.75) is 111 Å². The minimum absolute atomic E-state index is 0.487. The van der Waals surface area contributed by atoms with Crippen LogP contribution in [-0.2, 0) is 0 Å². The Bertz CT molecular complexity index is 1920. The predicted octanol–water partition coefficient (Wildman–Crippen LogP) is 2.93. The van der Waals surface area contributed by atoms with E-state index in [4.69, 9.17) is 0 Å². The van der Waals surface area contributed by atoms with E-state index in [-0.39, 0.29) is 0 Å². The third kappa shape index (κ3) is 17.1. The second kappa shape index (κ2) is 34.6. The van der Waals surface area contributed by atoms with Gasteiger partial charge in [-0.2, -0.15) is 0 Å². The quantitative estimate of drug-likeness (QED) is 0.200. The van der Waals surface area contributed by atoms with Crippen LogP contribution in [0.15, 0.2) is 0 Å². The smallest absolute Gasteiger partial charge is 0.149 e. The molecule has 14 heteroatoms. The first-order chi connectivity index (χ1) is 30.2. The first-order valence-corrected chi connectivity index (χ1v) is 21.0. The molecule has 0 radical (unpaired) electrons. The van der Waals surface area contributed by atoms with Crippen LogP contribution in [0.2, 0.25) is 0 Å². The van der Waals surface area contributed by atoms with E-state index in [1.54, 1.807) is 0 Å². The fourth-order valence-electron chi connectivity index (χ4n) is 8.40. The molecule has 0 aromatic heterocycles. The molecule has 0 amide bonds. The van der Waals surface area contributed by atoms with E-state index in [0.717, 1.165) is 0 Å². The molecule has 0 aliphatic carbocycles. The van der Waals surface area contributed by atoms with Crippen LogP contribution >= 0.6 is 0 Å². The summed E-state index contributed by atoms with van der Waals surface area (Å²) in [5.74, 6) is 109. The Kier molecular flexibility index (Phi) is 31.1. The summed E-state index contributed by atoms with van der Waals surface area (Å²) in [6, 6.07) is 0. The van der Waals surface area contributed by atoms with E-state index in [1.165, 1.54) is 0 Å². The van der Waals surface area contributed by atoms with E-state index in [2.05, 4.69) is 188 Å². The summed E-state index contributed by atoms with van der Waals surface area (Å²) in [7, 11) is 0. The molecule has 0 rings (SSSR count). The van der Waals surface area contributed by atoms with Crippen molar-refractivity contribution in [3.63, 3.8) is 0 Å². The second-order valence-electron chi connectivity index (χ2n) is 13.6. The molecule has 282 valence electrons. The van der Waals surface area contributed by atoms with Crippen molar-refractivity contribution < 1.29 is 0 Å². The van der Waals surface area contributed by atoms with Gasteiger partial charge in [-0.1, -0.05) is 0 Å². The molecule has 0 N–H and O–H groups in total. The highest BCUT2D eigenvalue weighted by atomic mass is 13.7. The van der Waals surface area contributed by atoms with Gasteiger partial charge < -0.3 is 0 Å². The summed E-state index contributed by atoms with van der Waals surface area (Å²) in [5, 5.41) is 0. The molecule has 0 unspecified atom stereocenters. The largest absolute Gasteiger partial charge is 0.267 e. The van der Waals surface area contributed by atoms with Gasteiger partial charge in [-0.3, -0.25) is 0 Å². The molecular formula is C48H48B14. The van der Waals surface area contributed by atoms with Crippen molar-refractivity contribution in [3.05, 3.63) is 0 Å². The minimum Gasteiger partial charge on any atom is -0.149 e. The molecule has 0 aliphatic heterocycles. The summed E-state index contributed by atoms with van der Waals surface area (Å²) in [4.78, 5) is 0. The molecular weight excluding hydrogens is 728 g/mol. The normalized spacial score (nSPS) is 6.90. The van der Waals surface area contributed by atoms with Crippen molar-refractivity contribution in [2.24, 2.45) is 0 Å². The Labute approximate surface area is 387 Å². The second-order valence-corrected chi connectivity index (χ2v) is 13.6. The van der Waals surface area contributed by atoms with Gasteiger partial charge in [0, 0.05) is 12.8 Å². The van der Waals surface area contributed by atoms with Crippen LogP contribution in [0.4, 0.5) is 0 Å². The molecule has 0 aromatic carbocycles. The average molecular weight is 776 g/mol. The number of hydrogen-bond acceptors (Lipinski definition) is 0. The van der Waals surface area contributed by atoms with Crippen LogP contribution in [-0.4, -0.2) is 91.1 Å². The van der Waals surface area contributed by atoms with E-state index in [9.17, 15) is 0 Å². The first-order valence-electron chi connectivity index (χ1n) is 21.0. The predicted molar refractivity (Wildman–Crippen MR) is 296 cm³/mol. The molecule has 0 saturated heterocycles. The van der Waals surface area contributed by atoms with Gasteiger partial charge in [0.2, 0.25) is 0 Å². The number of hydrogen-bond donors (Lipinski definition) is 0. The van der Waals surface area contributed by atoms with Gasteiger partial charge >= 0.3 is 0 Å². The zero-order valence-electron chi connectivity index (χ0n) is 40.1. The Morgan fingerprint density at radius 2 is 0.210 bits per heavy atom. The van der Waals surface area contributed by atoms with E-state index >= 15 is 0 Å². The summed E-state index contributed by atoms with van der Waals surface area (Å²) < 4.78 is 0. The van der Waals surface area contributed by atoms with Gasteiger partial charge in [0.25, 0.3) is 52.8 Å². The lowest BCUT2D eigenvalue weighted by Gasteiger charge is -2.43. The van der Waals surface area contributed by atoms with Crippen molar-refractivity contribution in [1.29, 1.82) is 0 Å². The molecule has 0 spiro atoms. The van der Waals surface area contributed by atoms with Crippen LogP contribution < -0.4 is 0 Å². The van der Waals surface area contributed by atoms with Crippen LogP contribution in [0, 0.1) is 188 Å². The lowest BCUT2D eigenvalue weighted by atomic mass is 8.37. The molecule has 0 atom stereocenters. The van der Waals surface area contributed by atoms with Gasteiger partial charge in [-0.05, 0) is 111 Å². The highest BCUT2D eigenvalue weighted by Gasteiger charge is 2.64. The van der Waals surface area contributed by atoms with Crippen molar-refractivity contribution >= 4 is 91.1 Å². The molecule has 0 heterocycles. The van der Waals surface area contributed by atoms with E-state index < -0.39 is 91.1 Å². The Morgan fingerprint density at radius 3 is 0.274 bits per heavy atom. The van der Waals surface area contributed by atoms with E-state index in [1.807, 2.05) is 111 Å². The van der Waals surface area contributed by atoms with Gasteiger partial charge in [0.1, 0.15) is 25.5 Å². The lowest BCUT2D eigenvalue weighted by Crippen LogP contribution is -2.87. The van der Waals surface area contributed by atoms with Crippen molar-refractivity contribution in [1.82, 2.24) is 0 Å². The SMILES string of the molecule is CC#CB(C#CC)B(B(C#CC)C#CC)B(B(B(C#CC)C#CC)B(C#CC)C#CC)B(B(B(C#CC)C#CC)B(C#CC)C#CC)B(B(C#CC)C#CC)B(C#CC)C#CC. The zero-order chi connectivity index (χ0) is 46.7. The van der Waals surface area contributed by atoms with Gasteiger partial charge in [0.15, 0.2) is 0 Å². The standard InChI is InChI=1S/C48H48B14/c1-17-33-49(34-18-2)57(50(35-19-3)36-20-4)61(58(51(37-21-5)38-22-6)52(39-23-7)40-24-8)62(59(53(41-25-9)42-26-10)54(43-27-11)44-28-12)60(55(45-29-13)46-30-14)56(47-31-15)48-32-16/h1-16H3. The molecule has 0 fully saturated rings. The maximum atomic E-state index is 3.55. The third-order valence-corrected chi connectivity index (χ3v) is 10.1. The summed E-state index contributed by atoms with van der Waals surface area (Å²) in [6.45, 7) is 25.1. The fraction of sp³-hybridized carbons (Fsp3) is 0.333. The maximum absolute atomic E-state index is 3.55. The maximum Gasteiger partial charge on any atom is 0.267 e. The monoisotopic (exact) mass is 779 g/mol. The lowest BCUT2D eigenvalue weighted by molar-refractivity contribution is 1.92. The molecule has 0 bridgehead atoms. The van der Waals surface area contributed by atoms with Crippen LogP contribution in [0.25, 0.3) is 0 Å². The number of rotatable bonds is 13. The molecule has 0 aromatic rings. The molecule has 0 saturated carbocycles. The highest BCUT2D eigenvalue weighted by molar-refractivity contribution is 8.19. The molecule has 62 heavy (non-hydrogen) atoms. The minimum atomic E-state index is -0.537. The van der Waals surface area contributed by atoms with Crippen molar-refractivity contribution in [2.75, 3.05) is 0 Å². The summed E-state index contributed by atoms with van der Waals surface area (Å²) in [5.41, 5.74) is 0. The third-order valence-electron chi connectivity index (χ3n) is 10.1. The average Bonchev–Trinajstić information content (AvgIpc) is 3.24. The van der Waals surface area contributed by atoms with Crippen LogP contribution in [0.1, 0.15) is 111 Å². The highest BCUT2D eigenvalue weighted by Crippen LogP contribution is 2.21. The summed E-state index contributed by atoms with van der Waals surface area (Å²) in [6.07, 6.45) is -2.98.